The van der Waals surface area contributed by atoms with Crippen molar-refractivity contribution in [3.8, 4) is 11.8 Å². The number of fused-ring (bicyclic) bond motifs is 2. The molecule has 0 radical (unpaired) electrons. The highest BCUT2D eigenvalue weighted by Gasteiger charge is 2.85. The molecule has 8 atom stereocenters. The van der Waals surface area contributed by atoms with E-state index in [4.69, 9.17) is 0 Å². The smallest absolute Gasteiger partial charge is 0.315 e. The largest absolute Gasteiger partial charge is 0.481 e. The van der Waals surface area contributed by atoms with Gasteiger partial charge in [0.05, 0.1) is 5.41 Å². The van der Waals surface area contributed by atoms with Crippen LogP contribution < -0.4 is 0 Å². The number of rotatable bonds is 4. The number of hydrogen-bond donors (Lipinski definition) is 2. The Morgan fingerprint density at radius 2 is 1.93 bits per heavy atom. The maximum absolute atomic E-state index is 13.3. The third kappa shape index (κ3) is 2.28. The summed E-state index contributed by atoms with van der Waals surface area (Å²) in [5.41, 5.74) is -2.70. The maximum atomic E-state index is 13.3. The summed E-state index contributed by atoms with van der Waals surface area (Å²) in [4.78, 5) is 26.2. The minimum Gasteiger partial charge on any atom is -0.481 e. The fourth-order valence-corrected chi connectivity index (χ4v) is 8.18. The predicted molar refractivity (Wildman–Crippen MR) is 115 cm³/mol. The quantitative estimate of drug-likeness (QED) is 0.410. The highest BCUT2D eigenvalue weighted by atomic mass is 16.4. The van der Waals surface area contributed by atoms with Crippen molar-refractivity contribution in [3.63, 3.8) is 0 Å². The molecule has 4 bridgehead atoms. The van der Waals surface area contributed by atoms with Crippen molar-refractivity contribution in [3.05, 3.63) is 11.6 Å². The number of carboxylic acid groups (broad SMARTS) is 1. The molecule has 4 nitrogen and oxygen atoms in total. The SMILES string of the molecule is CC(C)C1=CC2CC3(C=O)[C@@H]4CC[C@@H](C)[C@H]4CC2(C(O)C#CC(C)(C)C)[C@]13C(=O)O. The van der Waals surface area contributed by atoms with E-state index in [9.17, 15) is 19.8 Å². The van der Waals surface area contributed by atoms with Crippen LogP contribution in [0.1, 0.15) is 67.2 Å². The van der Waals surface area contributed by atoms with Gasteiger partial charge in [0.1, 0.15) is 17.8 Å². The topological polar surface area (TPSA) is 74.6 Å². The van der Waals surface area contributed by atoms with Crippen molar-refractivity contribution in [1.29, 1.82) is 0 Å². The standard InChI is InChI=1S/C26H36O4/c1-15(2)20-11-17-12-24(14-27)19-8-7-16(3)18(19)13-25(17,26(20,24)22(29)30)21(28)9-10-23(4,5)6/h11,14-19,21,28H,7-8,12-13H2,1-6H3,(H,29,30)/t16-,17?,18-,19-,21?,24?,25?,26+/m1/s1. The summed E-state index contributed by atoms with van der Waals surface area (Å²) in [6, 6.07) is 0. The lowest BCUT2D eigenvalue weighted by Gasteiger charge is -2.59. The maximum Gasteiger partial charge on any atom is 0.315 e. The van der Waals surface area contributed by atoms with Gasteiger partial charge in [0, 0.05) is 10.8 Å². The molecule has 4 unspecified atom stereocenters. The Balaban J connectivity index is 2.01. The van der Waals surface area contributed by atoms with Gasteiger partial charge in [-0.05, 0) is 69.6 Å². The van der Waals surface area contributed by atoms with Crippen molar-refractivity contribution in [2.75, 3.05) is 0 Å². The summed E-state index contributed by atoms with van der Waals surface area (Å²) < 4.78 is 0. The summed E-state index contributed by atoms with van der Waals surface area (Å²) >= 11 is 0. The van der Waals surface area contributed by atoms with Crippen molar-refractivity contribution in [2.24, 2.45) is 51.2 Å². The predicted octanol–water partition coefficient (Wildman–Crippen LogP) is 4.32. The van der Waals surface area contributed by atoms with Crippen LogP contribution in [0.2, 0.25) is 0 Å². The van der Waals surface area contributed by atoms with Gasteiger partial charge in [-0.2, -0.15) is 0 Å². The zero-order chi connectivity index (χ0) is 22.3. The number of aliphatic carboxylic acids is 1. The summed E-state index contributed by atoms with van der Waals surface area (Å²) in [7, 11) is 0. The summed E-state index contributed by atoms with van der Waals surface area (Å²) in [6.07, 6.45) is 5.11. The summed E-state index contributed by atoms with van der Waals surface area (Å²) in [5.74, 6) is 5.95. The summed E-state index contributed by atoms with van der Waals surface area (Å²) in [5, 5.41) is 22.5. The van der Waals surface area contributed by atoms with Crippen LogP contribution in [0.4, 0.5) is 0 Å². The van der Waals surface area contributed by atoms with Crippen molar-refractivity contribution < 1.29 is 19.8 Å². The number of carbonyl (C=O) groups is 2. The van der Waals surface area contributed by atoms with Crippen molar-refractivity contribution in [2.45, 2.75) is 73.3 Å². The van der Waals surface area contributed by atoms with Gasteiger partial charge >= 0.3 is 5.97 Å². The monoisotopic (exact) mass is 412 g/mol. The molecule has 0 aromatic carbocycles. The molecule has 4 aliphatic carbocycles. The molecule has 3 fully saturated rings. The van der Waals surface area contributed by atoms with Gasteiger partial charge < -0.3 is 15.0 Å². The van der Waals surface area contributed by atoms with Gasteiger partial charge in [0.15, 0.2) is 0 Å². The van der Waals surface area contributed by atoms with E-state index in [1.165, 1.54) is 0 Å². The molecule has 30 heavy (non-hydrogen) atoms. The number of allylic oxidation sites excluding steroid dienone is 1. The first kappa shape index (κ1) is 21.6. The Kier molecular flexibility index (Phi) is 4.65. The average Bonchev–Trinajstić information content (AvgIpc) is 3.23. The second-order valence-electron chi connectivity index (χ2n) is 11.8. The first-order chi connectivity index (χ1) is 13.9. The van der Waals surface area contributed by atoms with Crippen molar-refractivity contribution in [1.82, 2.24) is 0 Å². The molecule has 0 aliphatic heterocycles. The number of hydrogen-bond acceptors (Lipinski definition) is 3. The number of aldehydes is 1. The normalized spacial score (nSPS) is 44.9. The van der Waals surface area contributed by atoms with E-state index >= 15 is 0 Å². The van der Waals surface area contributed by atoms with Gasteiger partial charge in [-0.15, -0.1) is 0 Å². The zero-order valence-electron chi connectivity index (χ0n) is 19.2. The molecule has 2 N–H and O–H groups in total. The number of aliphatic hydroxyl groups is 1. The summed E-state index contributed by atoms with van der Waals surface area (Å²) in [6.45, 7) is 12.2. The van der Waals surface area contributed by atoms with Crippen LogP contribution >= 0.6 is 0 Å². The van der Waals surface area contributed by atoms with Gasteiger partial charge in [-0.3, -0.25) is 4.79 Å². The minimum absolute atomic E-state index is 0.00301. The molecular weight excluding hydrogens is 376 g/mol. The highest BCUT2D eigenvalue weighted by molar-refractivity contribution is 5.90. The van der Waals surface area contributed by atoms with E-state index in [0.717, 1.165) is 24.7 Å². The third-order valence-electron chi connectivity index (χ3n) is 9.07. The molecule has 4 rings (SSSR count). The molecule has 4 heteroatoms. The Labute approximate surface area is 180 Å². The highest BCUT2D eigenvalue weighted by Crippen LogP contribution is 2.83. The Hall–Kier alpha value is -1.60. The van der Waals surface area contributed by atoms with E-state index in [1.54, 1.807) is 0 Å². The fraction of sp³-hybridized carbons (Fsp3) is 0.769. The van der Waals surface area contributed by atoms with Crippen LogP contribution in [0.25, 0.3) is 0 Å². The Morgan fingerprint density at radius 3 is 2.47 bits per heavy atom. The number of aliphatic hydroxyl groups excluding tert-OH is 1. The van der Waals surface area contributed by atoms with Crippen LogP contribution in [-0.2, 0) is 9.59 Å². The lowest BCUT2D eigenvalue weighted by atomic mass is 9.41. The molecule has 164 valence electrons. The molecule has 3 saturated carbocycles. The van der Waals surface area contributed by atoms with E-state index in [0.29, 0.717) is 18.8 Å². The molecule has 0 saturated heterocycles. The Morgan fingerprint density at radius 1 is 1.27 bits per heavy atom. The van der Waals surface area contributed by atoms with Crippen molar-refractivity contribution >= 4 is 12.3 Å². The van der Waals surface area contributed by atoms with Gasteiger partial charge in [-0.25, -0.2) is 0 Å². The average molecular weight is 413 g/mol. The molecule has 0 aromatic heterocycles. The number of carboxylic acids is 1. The molecular formula is C26H36O4. The van der Waals surface area contributed by atoms with Crippen LogP contribution in [0.3, 0.4) is 0 Å². The lowest BCUT2D eigenvalue weighted by Crippen LogP contribution is -2.65. The van der Waals surface area contributed by atoms with E-state index < -0.39 is 28.3 Å². The molecule has 0 spiro atoms. The first-order valence-corrected chi connectivity index (χ1v) is 11.5. The van der Waals surface area contributed by atoms with Crippen LogP contribution in [-0.4, -0.2) is 28.6 Å². The van der Waals surface area contributed by atoms with E-state index in [2.05, 4.69) is 24.8 Å². The number of carbonyl (C=O) groups excluding carboxylic acids is 1. The van der Waals surface area contributed by atoms with Crippen LogP contribution in [0, 0.1) is 63.1 Å². The first-order valence-electron chi connectivity index (χ1n) is 11.5. The molecule has 0 heterocycles. The van der Waals surface area contributed by atoms with Crippen LogP contribution in [0.15, 0.2) is 11.6 Å². The third-order valence-corrected chi connectivity index (χ3v) is 9.07. The van der Waals surface area contributed by atoms with Gasteiger partial charge in [-0.1, -0.05) is 50.7 Å². The molecule has 0 aromatic rings. The van der Waals surface area contributed by atoms with Gasteiger partial charge in [0.2, 0.25) is 0 Å². The van der Waals surface area contributed by atoms with E-state index in [-0.39, 0.29) is 29.1 Å². The fourth-order valence-electron chi connectivity index (χ4n) is 8.18. The second-order valence-corrected chi connectivity index (χ2v) is 11.8. The zero-order valence-corrected chi connectivity index (χ0v) is 19.2. The van der Waals surface area contributed by atoms with Gasteiger partial charge in [0.25, 0.3) is 0 Å². The minimum atomic E-state index is -1.36. The molecule has 0 amide bonds. The van der Waals surface area contributed by atoms with E-state index in [1.807, 2.05) is 34.6 Å². The Bertz CT molecular complexity index is 868. The van der Waals surface area contributed by atoms with Crippen LogP contribution in [0.5, 0.6) is 0 Å². The molecule has 4 aliphatic rings. The second kappa shape index (κ2) is 6.45. The lowest BCUT2D eigenvalue weighted by molar-refractivity contribution is -0.188.